The van der Waals surface area contributed by atoms with Crippen molar-refractivity contribution in [1.82, 2.24) is 9.55 Å². The summed E-state index contributed by atoms with van der Waals surface area (Å²) >= 11 is 0. The molecule has 2 heterocycles. The van der Waals surface area contributed by atoms with Crippen molar-refractivity contribution in [2.45, 2.75) is 32.1 Å². The predicted octanol–water partition coefficient (Wildman–Crippen LogP) is 2.92. The van der Waals surface area contributed by atoms with E-state index in [9.17, 15) is 14.9 Å². The Labute approximate surface area is 152 Å². The van der Waals surface area contributed by atoms with Crippen LogP contribution in [0.1, 0.15) is 37.9 Å². The number of carbonyl (C=O) groups excluding carboxylic acids is 1. The quantitative estimate of drug-likeness (QED) is 0.321. The molecule has 1 aromatic heterocycles. The Balaban J connectivity index is 2.49. The van der Waals surface area contributed by atoms with Crippen LogP contribution >= 0.6 is 0 Å². The molecule has 140 valence electrons. The number of imidazole rings is 1. The third-order valence-electron chi connectivity index (χ3n) is 4.32. The highest BCUT2D eigenvalue weighted by Gasteiger charge is 2.24. The summed E-state index contributed by atoms with van der Waals surface area (Å²) in [6.45, 7) is 6.40. The molecule has 1 saturated heterocycles. The van der Waals surface area contributed by atoms with Crippen LogP contribution in [0.3, 0.4) is 0 Å². The zero-order chi connectivity index (χ0) is 19.1. The standard InChI is InChI=1S/C18H23N3O5/c1-4-14(12-17(22)25-3)11-16(13(2)21(23)24)20-8-7-19-18(20)15-5-9-26-10-6-15/h4,7-8,11,15H,1,5-6,9-10,12H2,2-3H3/b14-11-,16-13-. The van der Waals surface area contributed by atoms with Gasteiger partial charge in [0.2, 0.25) is 0 Å². The van der Waals surface area contributed by atoms with Gasteiger partial charge in [0.15, 0.2) is 0 Å². The molecule has 2 rings (SSSR count). The Hall–Kier alpha value is -2.74. The van der Waals surface area contributed by atoms with Crippen molar-refractivity contribution in [3.63, 3.8) is 0 Å². The summed E-state index contributed by atoms with van der Waals surface area (Å²) in [4.78, 5) is 27.0. The first-order valence-corrected chi connectivity index (χ1v) is 8.34. The van der Waals surface area contributed by atoms with Gasteiger partial charge in [0.25, 0.3) is 5.70 Å². The van der Waals surface area contributed by atoms with Gasteiger partial charge in [-0.05, 0) is 24.5 Å². The molecule has 1 aliphatic heterocycles. The van der Waals surface area contributed by atoms with E-state index in [4.69, 9.17) is 4.74 Å². The van der Waals surface area contributed by atoms with E-state index in [0.29, 0.717) is 24.5 Å². The van der Waals surface area contributed by atoms with E-state index >= 15 is 0 Å². The number of hydrogen-bond donors (Lipinski definition) is 0. The number of esters is 1. The van der Waals surface area contributed by atoms with Gasteiger partial charge in [-0.3, -0.25) is 19.5 Å². The summed E-state index contributed by atoms with van der Waals surface area (Å²) in [7, 11) is 1.29. The number of rotatable bonds is 7. The van der Waals surface area contributed by atoms with Crippen molar-refractivity contribution in [3.8, 4) is 0 Å². The summed E-state index contributed by atoms with van der Waals surface area (Å²) in [5.41, 5.74) is 0.841. The second-order valence-corrected chi connectivity index (χ2v) is 5.95. The monoisotopic (exact) mass is 361 g/mol. The Morgan fingerprint density at radius 2 is 2.23 bits per heavy atom. The molecule has 0 unspecified atom stereocenters. The fraction of sp³-hybridized carbons (Fsp3) is 0.444. The van der Waals surface area contributed by atoms with Crippen LogP contribution < -0.4 is 0 Å². The normalized spacial score (nSPS) is 16.8. The topological polar surface area (TPSA) is 96.5 Å². The van der Waals surface area contributed by atoms with Gasteiger partial charge < -0.3 is 9.47 Å². The first-order chi connectivity index (χ1) is 12.5. The molecule has 0 aromatic carbocycles. The lowest BCUT2D eigenvalue weighted by Crippen LogP contribution is -2.18. The highest BCUT2D eigenvalue weighted by molar-refractivity contribution is 5.75. The minimum Gasteiger partial charge on any atom is -0.469 e. The highest BCUT2D eigenvalue weighted by Crippen LogP contribution is 2.29. The van der Waals surface area contributed by atoms with Crippen LogP contribution in [0.15, 0.2) is 42.4 Å². The van der Waals surface area contributed by atoms with Gasteiger partial charge in [-0.25, -0.2) is 4.98 Å². The third kappa shape index (κ3) is 4.66. The first kappa shape index (κ1) is 19.6. The Morgan fingerprint density at radius 1 is 1.54 bits per heavy atom. The Bertz CT molecular complexity index is 742. The number of aromatic nitrogens is 2. The molecule has 0 aliphatic carbocycles. The van der Waals surface area contributed by atoms with E-state index in [0.717, 1.165) is 18.7 Å². The van der Waals surface area contributed by atoms with Crippen molar-refractivity contribution in [2.75, 3.05) is 20.3 Å². The van der Waals surface area contributed by atoms with Gasteiger partial charge in [0.05, 0.1) is 18.5 Å². The van der Waals surface area contributed by atoms with Gasteiger partial charge in [-0.15, -0.1) is 0 Å². The number of nitro groups is 1. The fourth-order valence-electron chi connectivity index (χ4n) is 2.81. The molecule has 1 aromatic rings. The van der Waals surface area contributed by atoms with Crippen molar-refractivity contribution in [2.24, 2.45) is 0 Å². The van der Waals surface area contributed by atoms with Crippen LogP contribution in [-0.2, 0) is 14.3 Å². The maximum atomic E-state index is 11.6. The van der Waals surface area contributed by atoms with Crippen molar-refractivity contribution in [1.29, 1.82) is 0 Å². The molecule has 0 bridgehead atoms. The van der Waals surface area contributed by atoms with Crippen LogP contribution in [0.4, 0.5) is 0 Å². The van der Waals surface area contributed by atoms with Crippen LogP contribution in [-0.4, -0.2) is 40.8 Å². The second-order valence-electron chi connectivity index (χ2n) is 5.95. The van der Waals surface area contributed by atoms with E-state index in [1.165, 1.54) is 20.1 Å². The molecule has 0 amide bonds. The summed E-state index contributed by atoms with van der Waals surface area (Å²) in [6.07, 6.45) is 8.00. The predicted molar refractivity (Wildman–Crippen MR) is 95.8 cm³/mol. The molecular formula is C18H23N3O5. The SMILES string of the molecule is C=C/C(=C/C(=C(\C)[N+](=O)[O-])n1ccnc1C1CCOCC1)CC(=O)OC. The number of carbonyl (C=O) groups is 1. The zero-order valence-corrected chi connectivity index (χ0v) is 15.0. The van der Waals surface area contributed by atoms with Crippen molar-refractivity contribution >= 4 is 11.7 Å². The molecular weight excluding hydrogens is 338 g/mol. The average molecular weight is 361 g/mol. The minimum atomic E-state index is -0.446. The van der Waals surface area contributed by atoms with Crippen LogP contribution in [0, 0.1) is 10.1 Å². The molecule has 8 nitrogen and oxygen atoms in total. The number of nitrogens with zero attached hydrogens (tertiary/aromatic N) is 3. The zero-order valence-electron chi connectivity index (χ0n) is 15.0. The van der Waals surface area contributed by atoms with Gasteiger partial charge in [-0.1, -0.05) is 12.7 Å². The van der Waals surface area contributed by atoms with E-state index in [-0.39, 0.29) is 18.0 Å². The van der Waals surface area contributed by atoms with Crippen LogP contribution in [0.5, 0.6) is 0 Å². The van der Waals surface area contributed by atoms with E-state index < -0.39 is 10.9 Å². The minimum absolute atomic E-state index is 0.0181. The summed E-state index contributed by atoms with van der Waals surface area (Å²) < 4.78 is 11.8. The number of allylic oxidation sites excluding steroid dienone is 4. The van der Waals surface area contributed by atoms with E-state index in [2.05, 4.69) is 16.3 Å². The fourth-order valence-corrected chi connectivity index (χ4v) is 2.81. The van der Waals surface area contributed by atoms with Gasteiger partial charge in [-0.2, -0.15) is 0 Å². The van der Waals surface area contributed by atoms with Crippen LogP contribution in [0.25, 0.3) is 5.70 Å². The highest BCUT2D eigenvalue weighted by atomic mass is 16.6. The summed E-state index contributed by atoms with van der Waals surface area (Å²) in [6, 6.07) is 0. The van der Waals surface area contributed by atoms with E-state index in [1.807, 2.05) is 0 Å². The van der Waals surface area contributed by atoms with E-state index in [1.54, 1.807) is 23.0 Å². The maximum Gasteiger partial charge on any atom is 0.309 e. The van der Waals surface area contributed by atoms with Crippen molar-refractivity contribution < 1.29 is 19.2 Å². The lowest BCUT2D eigenvalue weighted by Gasteiger charge is -2.22. The number of ether oxygens (including phenoxy) is 2. The lowest BCUT2D eigenvalue weighted by molar-refractivity contribution is -0.423. The first-order valence-electron chi connectivity index (χ1n) is 8.34. The average Bonchev–Trinajstić information content (AvgIpc) is 3.14. The van der Waals surface area contributed by atoms with Gasteiger partial charge in [0.1, 0.15) is 11.5 Å². The molecule has 0 atom stereocenters. The summed E-state index contributed by atoms with van der Waals surface area (Å²) in [5.74, 6) is 0.473. The number of methoxy groups -OCH3 is 1. The lowest BCUT2D eigenvalue weighted by atomic mass is 9.99. The van der Waals surface area contributed by atoms with Gasteiger partial charge >= 0.3 is 5.97 Å². The molecule has 0 N–H and O–H groups in total. The molecule has 0 radical (unpaired) electrons. The largest absolute Gasteiger partial charge is 0.469 e. The number of hydrogen-bond acceptors (Lipinski definition) is 6. The molecule has 0 saturated carbocycles. The molecule has 26 heavy (non-hydrogen) atoms. The Morgan fingerprint density at radius 3 is 2.81 bits per heavy atom. The third-order valence-corrected chi connectivity index (χ3v) is 4.32. The van der Waals surface area contributed by atoms with Crippen LogP contribution in [0.2, 0.25) is 0 Å². The Kier molecular flexibility index (Phi) is 6.85. The smallest absolute Gasteiger partial charge is 0.309 e. The van der Waals surface area contributed by atoms with Crippen molar-refractivity contribution in [3.05, 3.63) is 58.3 Å². The molecule has 1 fully saturated rings. The maximum absolute atomic E-state index is 11.6. The molecule has 8 heteroatoms. The molecule has 0 spiro atoms. The summed E-state index contributed by atoms with van der Waals surface area (Å²) in [5, 5.41) is 11.4. The van der Waals surface area contributed by atoms with Gasteiger partial charge in [0, 0.05) is 38.4 Å². The second kappa shape index (κ2) is 9.10. The molecule has 1 aliphatic rings.